The van der Waals surface area contributed by atoms with Gasteiger partial charge in [0.2, 0.25) is 5.91 Å². The van der Waals surface area contributed by atoms with Gasteiger partial charge in [-0.2, -0.15) is 0 Å². The van der Waals surface area contributed by atoms with Gasteiger partial charge < -0.3 is 11.1 Å². The van der Waals surface area contributed by atoms with Gasteiger partial charge in [0.25, 0.3) is 0 Å². The van der Waals surface area contributed by atoms with Gasteiger partial charge in [0, 0.05) is 18.5 Å². The summed E-state index contributed by atoms with van der Waals surface area (Å²) in [5, 5.41) is 2.96. The highest BCUT2D eigenvalue weighted by Crippen LogP contribution is 2.10. The van der Waals surface area contributed by atoms with Crippen molar-refractivity contribution in [2.75, 3.05) is 6.54 Å². The summed E-state index contributed by atoms with van der Waals surface area (Å²) in [6, 6.07) is 8.49. The number of benzene rings is 1. The Bertz CT molecular complexity index is 413. The van der Waals surface area contributed by atoms with Crippen LogP contribution < -0.4 is 11.1 Å². The first-order valence-corrected chi connectivity index (χ1v) is 7.60. The molecule has 0 aromatic heterocycles. The lowest BCUT2D eigenvalue weighted by atomic mass is 9.94. The van der Waals surface area contributed by atoms with E-state index in [0.29, 0.717) is 13.0 Å². The summed E-state index contributed by atoms with van der Waals surface area (Å²) in [5.41, 5.74) is 8.47. The molecule has 0 heterocycles. The highest BCUT2D eigenvalue weighted by molar-refractivity contribution is 5.85. The first-order valence-electron chi connectivity index (χ1n) is 7.60. The summed E-state index contributed by atoms with van der Waals surface area (Å²) >= 11 is 0. The molecular formula is C17H29ClN2O. The van der Waals surface area contributed by atoms with E-state index in [-0.39, 0.29) is 23.9 Å². The van der Waals surface area contributed by atoms with Crippen LogP contribution in [0.2, 0.25) is 0 Å². The molecule has 0 aliphatic carbocycles. The smallest absolute Gasteiger partial charge is 0.220 e. The molecule has 21 heavy (non-hydrogen) atoms. The number of carbonyl (C=O) groups is 1. The monoisotopic (exact) mass is 312 g/mol. The molecule has 4 heteroatoms. The molecule has 0 radical (unpaired) electrons. The van der Waals surface area contributed by atoms with Gasteiger partial charge in [0.15, 0.2) is 0 Å². The Morgan fingerprint density at radius 1 is 1.19 bits per heavy atom. The van der Waals surface area contributed by atoms with Crippen LogP contribution in [-0.2, 0) is 11.2 Å². The Hall–Kier alpha value is -1.06. The Morgan fingerprint density at radius 2 is 1.76 bits per heavy atom. The largest absolute Gasteiger partial charge is 0.354 e. The lowest BCUT2D eigenvalue weighted by molar-refractivity contribution is -0.121. The van der Waals surface area contributed by atoms with Gasteiger partial charge in [-0.25, -0.2) is 0 Å². The normalized spacial score (nSPS) is 10.9. The summed E-state index contributed by atoms with van der Waals surface area (Å²) in [5.74, 6) is 0.105. The number of hydrogen-bond acceptors (Lipinski definition) is 2. The standard InChI is InChI=1S/C17H28N2O.ClH/c1-4-17(18,5-2)13-19-16(20)8-6-7-15-11-9-14(3)10-12-15;/h9-12H,4-8,13,18H2,1-3H3,(H,19,20);1H. The fourth-order valence-electron chi connectivity index (χ4n) is 2.07. The van der Waals surface area contributed by atoms with Crippen LogP contribution in [-0.4, -0.2) is 18.0 Å². The Morgan fingerprint density at radius 3 is 2.29 bits per heavy atom. The Balaban J connectivity index is 0.00000400. The van der Waals surface area contributed by atoms with Gasteiger partial charge in [0.1, 0.15) is 0 Å². The maximum atomic E-state index is 11.8. The summed E-state index contributed by atoms with van der Waals surface area (Å²) in [6.07, 6.45) is 4.16. The van der Waals surface area contributed by atoms with Crippen molar-refractivity contribution in [3.63, 3.8) is 0 Å². The van der Waals surface area contributed by atoms with E-state index in [0.717, 1.165) is 25.7 Å². The lowest BCUT2D eigenvalue weighted by Crippen LogP contribution is -2.49. The fraction of sp³-hybridized carbons (Fsp3) is 0.588. The minimum atomic E-state index is -0.257. The van der Waals surface area contributed by atoms with Crippen molar-refractivity contribution in [3.8, 4) is 0 Å². The number of rotatable bonds is 8. The fourth-order valence-corrected chi connectivity index (χ4v) is 2.07. The van der Waals surface area contributed by atoms with Crippen LogP contribution in [0.25, 0.3) is 0 Å². The highest BCUT2D eigenvalue weighted by Gasteiger charge is 2.20. The van der Waals surface area contributed by atoms with Gasteiger partial charge >= 0.3 is 0 Å². The van der Waals surface area contributed by atoms with Crippen molar-refractivity contribution >= 4 is 18.3 Å². The van der Waals surface area contributed by atoms with Crippen LogP contribution in [0.3, 0.4) is 0 Å². The molecule has 0 unspecified atom stereocenters. The topological polar surface area (TPSA) is 55.1 Å². The van der Waals surface area contributed by atoms with E-state index in [1.807, 2.05) is 0 Å². The van der Waals surface area contributed by atoms with E-state index in [9.17, 15) is 4.79 Å². The van der Waals surface area contributed by atoms with Crippen molar-refractivity contribution in [3.05, 3.63) is 35.4 Å². The zero-order chi connectivity index (χ0) is 15.0. The molecule has 0 bridgehead atoms. The van der Waals surface area contributed by atoms with Crippen molar-refractivity contribution < 1.29 is 4.79 Å². The molecule has 1 aromatic carbocycles. The first-order chi connectivity index (χ1) is 9.49. The second-order valence-electron chi connectivity index (χ2n) is 5.69. The molecule has 1 rings (SSSR count). The van der Waals surface area contributed by atoms with Crippen molar-refractivity contribution in [2.45, 2.75) is 58.4 Å². The van der Waals surface area contributed by atoms with E-state index in [1.54, 1.807) is 0 Å². The number of amides is 1. The number of nitrogens with two attached hydrogens (primary N) is 1. The molecule has 0 fully saturated rings. The van der Waals surface area contributed by atoms with Gasteiger partial charge in [0.05, 0.1) is 0 Å². The third-order valence-electron chi connectivity index (χ3n) is 4.04. The van der Waals surface area contributed by atoms with Crippen LogP contribution >= 0.6 is 12.4 Å². The van der Waals surface area contributed by atoms with Crippen molar-refractivity contribution in [2.24, 2.45) is 5.73 Å². The zero-order valence-corrected chi connectivity index (χ0v) is 14.3. The summed E-state index contributed by atoms with van der Waals surface area (Å²) < 4.78 is 0. The number of carbonyl (C=O) groups excluding carboxylic acids is 1. The first kappa shape index (κ1) is 19.9. The van der Waals surface area contributed by atoms with E-state index in [4.69, 9.17) is 5.73 Å². The van der Waals surface area contributed by atoms with E-state index >= 15 is 0 Å². The summed E-state index contributed by atoms with van der Waals surface area (Å²) in [6.45, 7) is 6.78. The molecule has 3 N–H and O–H groups in total. The number of hydrogen-bond donors (Lipinski definition) is 2. The SMILES string of the molecule is CCC(N)(CC)CNC(=O)CCCc1ccc(C)cc1.Cl. The van der Waals surface area contributed by atoms with E-state index in [2.05, 4.69) is 50.4 Å². The van der Waals surface area contributed by atoms with E-state index in [1.165, 1.54) is 11.1 Å². The second kappa shape index (κ2) is 9.80. The van der Waals surface area contributed by atoms with Crippen LogP contribution in [0.15, 0.2) is 24.3 Å². The Labute approximate surface area is 135 Å². The number of nitrogens with one attached hydrogen (secondary N) is 1. The molecule has 0 atom stereocenters. The second-order valence-corrected chi connectivity index (χ2v) is 5.69. The lowest BCUT2D eigenvalue weighted by Gasteiger charge is -2.26. The van der Waals surface area contributed by atoms with Gasteiger partial charge in [-0.1, -0.05) is 43.7 Å². The number of halogens is 1. The third kappa shape index (κ3) is 7.49. The molecule has 0 spiro atoms. The predicted octanol–water partition coefficient (Wildman–Crippen LogP) is 3.37. The molecular weight excluding hydrogens is 284 g/mol. The van der Waals surface area contributed by atoms with Crippen molar-refractivity contribution in [1.29, 1.82) is 0 Å². The zero-order valence-electron chi connectivity index (χ0n) is 13.4. The molecule has 1 amide bonds. The maximum Gasteiger partial charge on any atom is 0.220 e. The molecule has 1 aromatic rings. The third-order valence-corrected chi connectivity index (χ3v) is 4.04. The van der Waals surface area contributed by atoms with Gasteiger partial charge in [-0.05, 0) is 38.2 Å². The predicted molar refractivity (Wildman–Crippen MR) is 91.9 cm³/mol. The Kier molecular flexibility index (Phi) is 9.31. The maximum absolute atomic E-state index is 11.8. The van der Waals surface area contributed by atoms with Gasteiger partial charge in [-0.3, -0.25) is 4.79 Å². The quantitative estimate of drug-likeness (QED) is 0.773. The minimum Gasteiger partial charge on any atom is -0.354 e. The van der Waals surface area contributed by atoms with Crippen LogP contribution in [0.5, 0.6) is 0 Å². The minimum absolute atomic E-state index is 0. The molecule has 120 valence electrons. The van der Waals surface area contributed by atoms with Gasteiger partial charge in [-0.15, -0.1) is 12.4 Å². The van der Waals surface area contributed by atoms with Crippen LogP contribution in [0.4, 0.5) is 0 Å². The van der Waals surface area contributed by atoms with Crippen LogP contribution in [0, 0.1) is 6.92 Å². The molecule has 0 saturated carbocycles. The molecule has 0 saturated heterocycles. The molecule has 0 aliphatic heterocycles. The van der Waals surface area contributed by atoms with E-state index < -0.39 is 0 Å². The average Bonchev–Trinajstić information content (AvgIpc) is 2.47. The van der Waals surface area contributed by atoms with Crippen LogP contribution in [0.1, 0.15) is 50.7 Å². The number of aryl methyl sites for hydroxylation is 2. The average molecular weight is 313 g/mol. The molecule has 0 aliphatic rings. The summed E-state index contributed by atoms with van der Waals surface area (Å²) in [4.78, 5) is 11.8. The molecule has 3 nitrogen and oxygen atoms in total. The highest BCUT2D eigenvalue weighted by atomic mass is 35.5. The summed E-state index contributed by atoms with van der Waals surface area (Å²) in [7, 11) is 0. The van der Waals surface area contributed by atoms with Crippen molar-refractivity contribution in [1.82, 2.24) is 5.32 Å².